The van der Waals surface area contributed by atoms with Crippen LogP contribution in [0.5, 0.6) is 0 Å². The van der Waals surface area contributed by atoms with Gasteiger partial charge in [-0.25, -0.2) is 9.02 Å². The van der Waals surface area contributed by atoms with Crippen molar-refractivity contribution in [2.24, 2.45) is 0 Å². The Labute approximate surface area is 197 Å². The molecule has 0 saturated heterocycles. The normalized spacial score (nSPS) is 13.2. The summed E-state index contributed by atoms with van der Waals surface area (Å²) in [6, 6.07) is 9.38. The van der Waals surface area contributed by atoms with Crippen molar-refractivity contribution in [2.75, 3.05) is 23.7 Å². The molecule has 2 aromatic carbocycles. The van der Waals surface area contributed by atoms with Gasteiger partial charge in [0.15, 0.2) is 11.5 Å². The van der Waals surface area contributed by atoms with Gasteiger partial charge in [0.05, 0.1) is 16.8 Å². The second-order valence-electron chi connectivity index (χ2n) is 7.31. The summed E-state index contributed by atoms with van der Waals surface area (Å²) < 4.78 is 23.7. The summed E-state index contributed by atoms with van der Waals surface area (Å²) in [7, 11) is -1.09. The second kappa shape index (κ2) is 10.0. The molecular weight excluding hydrogens is 496 g/mol. The molecule has 0 radical (unpaired) electrons. The Morgan fingerprint density at radius 3 is 2.91 bits per heavy atom. The number of carbonyl (C=O) groups excluding carboxylic acids is 1. The van der Waals surface area contributed by atoms with E-state index in [0.717, 1.165) is 5.56 Å². The molecular formula is C21H20BBrFN5O4. The lowest BCUT2D eigenvalue weighted by Gasteiger charge is -2.15. The molecule has 0 saturated carbocycles. The molecule has 170 valence electrons. The summed E-state index contributed by atoms with van der Waals surface area (Å²) in [5, 5.41) is 26.8. The summed E-state index contributed by atoms with van der Waals surface area (Å²) in [5.41, 5.74) is 3.00. The second-order valence-corrected chi connectivity index (χ2v) is 8.16. The lowest BCUT2D eigenvalue weighted by molar-refractivity contribution is 0.0955. The Bertz CT molecular complexity index is 1190. The van der Waals surface area contributed by atoms with Gasteiger partial charge in [-0.2, -0.15) is 0 Å². The molecule has 0 bridgehead atoms. The van der Waals surface area contributed by atoms with Gasteiger partial charge in [-0.15, -0.1) is 0 Å². The van der Waals surface area contributed by atoms with E-state index in [1.807, 2.05) is 6.92 Å². The molecule has 4 rings (SSSR count). The van der Waals surface area contributed by atoms with Crippen molar-refractivity contribution in [3.8, 4) is 0 Å². The Morgan fingerprint density at radius 2 is 2.09 bits per heavy atom. The third kappa shape index (κ3) is 5.34. The van der Waals surface area contributed by atoms with E-state index >= 15 is 0 Å². The summed E-state index contributed by atoms with van der Waals surface area (Å²) in [4.78, 5) is 12.5. The quantitative estimate of drug-likeness (QED) is 0.267. The van der Waals surface area contributed by atoms with Gasteiger partial charge >= 0.3 is 7.12 Å². The van der Waals surface area contributed by atoms with Crippen LogP contribution >= 0.6 is 15.9 Å². The fourth-order valence-corrected chi connectivity index (χ4v) is 3.69. The molecule has 1 aliphatic heterocycles. The lowest BCUT2D eigenvalue weighted by Crippen LogP contribution is -2.37. The fraction of sp³-hybridized carbons (Fsp3) is 0.190. The number of amides is 1. The van der Waals surface area contributed by atoms with Crippen LogP contribution in [0.3, 0.4) is 0 Å². The minimum atomic E-state index is -1.09. The number of nitrogens with one attached hydrogen (secondary N) is 3. The highest BCUT2D eigenvalue weighted by Crippen LogP contribution is 2.26. The molecule has 1 aromatic heterocycles. The summed E-state index contributed by atoms with van der Waals surface area (Å²) >= 11 is 3.16. The van der Waals surface area contributed by atoms with Gasteiger partial charge in [0.1, 0.15) is 5.82 Å². The number of anilines is 2. The van der Waals surface area contributed by atoms with Gasteiger partial charge < -0.3 is 25.6 Å². The van der Waals surface area contributed by atoms with E-state index in [-0.39, 0.29) is 17.8 Å². The van der Waals surface area contributed by atoms with Gasteiger partial charge in [0.2, 0.25) is 0 Å². The first kappa shape index (κ1) is 22.8. The molecule has 1 unspecified atom stereocenters. The van der Waals surface area contributed by atoms with E-state index < -0.39 is 7.12 Å². The van der Waals surface area contributed by atoms with Crippen molar-refractivity contribution in [3.05, 3.63) is 69.8 Å². The van der Waals surface area contributed by atoms with E-state index in [9.17, 15) is 14.2 Å². The number of fused-ring (bicyclic) bond motifs is 1. The number of benzene rings is 2. The SMILES string of the molecule is CC(Nc1ccc(F)c(Br)c1)c1nonc1NCCNC(=O)c1ccc2c(c1)B(O)OC=C2. The highest BCUT2D eigenvalue weighted by molar-refractivity contribution is 9.10. The van der Waals surface area contributed by atoms with Crippen molar-refractivity contribution in [2.45, 2.75) is 13.0 Å². The molecule has 0 aliphatic carbocycles. The van der Waals surface area contributed by atoms with Crippen LogP contribution in [0.2, 0.25) is 0 Å². The first-order chi connectivity index (χ1) is 15.9. The predicted molar refractivity (Wildman–Crippen MR) is 125 cm³/mol. The maximum absolute atomic E-state index is 13.4. The molecule has 0 spiro atoms. The zero-order valence-corrected chi connectivity index (χ0v) is 19.1. The van der Waals surface area contributed by atoms with Crippen molar-refractivity contribution in [3.63, 3.8) is 0 Å². The minimum Gasteiger partial charge on any atom is -0.538 e. The van der Waals surface area contributed by atoms with Crippen LogP contribution in [0, 0.1) is 5.82 Å². The fourth-order valence-electron chi connectivity index (χ4n) is 3.31. The van der Waals surface area contributed by atoms with Crippen molar-refractivity contribution < 1.29 is 23.5 Å². The minimum absolute atomic E-state index is 0.274. The number of hydrogen-bond acceptors (Lipinski definition) is 8. The molecule has 1 amide bonds. The van der Waals surface area contributed by atoms with Crippen molar-refractivity contribution in [1.82, 2.24) is 15.6 Å². The molecule has 33 heavy (non-hydrogen) atoms. The largest absolute Gasteiger partial charge is 0.560 e. The molecule has 2 heterocycles. The van der Waals surface area contributed by atoms with Crippen molar-refractivity contribution in [1.29, 1.82) is 0 Å². The predicted octanol–water partition coefficient (Wildman–Crippen LogP) is 2.67. The average Bonchev–Trinajstić information content (AvgIpc) is 3.28. The van der Waals surface area contributed by atoms with Gasteiger partial charge in [-0.3, -0.25) is 4.79 Å². The number of rotatable bonds is 8. The van der Waals surface area contributed by atoms with Crippen LogP contribution in [0.4, 0.5) is 15.9 Å². The molecule has 1 atom stereocenters. The van der Waals surface area contributed by atoms with Crippen LogP contribution < -0.4 is 21.4 Å². The van der Waals surface area contributed by atoms with Crippen LogP contribution in [-0.2, 0) is 4.65 Å². The number of hydrogen-bond donors (Lipinski definition) is 4. The Hall–Kier alpha value is -3.38. The third-order valence-corrected chi connectivity index (χ3v) is 5.61. The zero-order valence-electron chi connectivity index (χ0n) is 17.5. The van der Waals surface area contributed by atoms with Crippen LogP contribution in [-0.4, -0.2) is 41.5 Å². The zero-order chi connectivity index (χ0) is 23.4. The van der Waals surface area contributed by atoms with Gasteiger partial charge in [-0.05, 0) is 70.0 Å². The van der Waals surface area contributed by atoms with E-state index in [1.165, 1.54) is 12.3 Å². The highest BCUT2D eigenvalue weighted by atomic mass is 79.9. The maximum atomic E-state index is 13.4. The Balaban J connectivity index is 1.30. The van der Waals surface area contributed by atoms with Crippen LogP contribution in [0.1, 0.15) is 34.6 Å². The monoisotopic (exact) mass is 515 g/mol. The summed E-state index contributed by atoms with van der Waals surface area (Å²) in [6.45, 7) is 2.56. The van der Waals surface area contributed by atoms with Gasteiger partial charge in [0, 0.05) is 29.8 Å². The highest BCUT2D eigenvalue weighted by Gasteiger charge is 2.24. The number of carbonyl (C=O) groups is 1. The molecule has 3 aromatic rings. The standard InChI is InChI=1S/C21H20BBrFN5O4/c1-12(27-15-4-5-18(24)17(23)11-15)19-20(29-33-28-19)25-7-8-26-21(30)14-3-2-13-6-9-32-22(31)16(13)10-14/h2-6,9-12,27,31H,7-8H2,1H3,(H,25,29)(H,26,30). The van der Waals surface area contributed by atoms with Crippen LogP contribution in [0.25, 0.3) is 6.08 Å². The molecule has 12 heteroatoms. The van der Waals surface area contributed by atoms with Gasteiger partial charge in [-0.1, -0.05) is 11.2 Å². The van der Waals surface area contributed by atoms with Gasteiger partial charge in [0.25, 0.3) is 5.91 Å². The smallest absolute Gasteiger partial charge is 0.538 e. The molecule has 1 aliphatic rings. The summed E-state index contributed by atoms with van der Waals surface area (Å²) in [6.07, 6.45) is 3.14. The first-order valence-electron chi connectivity index (χ1n) is 10.1. The Morgan fingerprint density at radius 1 is 1.24 bits per heavy atom. The Kier molecular flexibility index (Phi) is 6.94. The topological polar surface area (TPSA) is 122 Å². The average molecular weight is 516 g/mol. The molecule has 0 fully saturated rings. The number of aromatic nitrogens is 2. The molecule has 4 N–H and O–H groups in total. The lowest BCUT2D eigenvalue weighted by atomic mass is 9.74. The number of nitrogens with zero attached hydrogens (tertiary/aromatic N) is 2. The van der Waals surface area contributed by atoms with Crippen molar-refractivity contribution >= 4 is 52.0 Å². The first-order valence-corrected chi connectivity index (χ1v) is 10.9. The number of halogens is 2. The molecule has 9 nitrogen and oxygen atoms in total. The maximum Gasteiger partial charge on any atom is 0.560 e. The van der Waals surface area contributed by atoms with E-state index in [2.05, 4.69) is 42.2 Å². The summed E-state index contributed by atoms with van der Waals surface area (Å²) in [5.74, 6) is -0.194. The van der Waals surface area contributed by atoms with Crippen LogP contribution in [0.15, 0.2) is 51.8 Å². The van der Waals surface area contributed by atoms with E-state index in [1.54, 1.807) is 36.4 Å². The third-order valence-electron chi connectivity index (χ3n) is 5.00. The van der Waals surface area contributed by atoms with E-state index in [0.29, 0.717) is 45.8 Å². The van der Waals surface area contributed by atoms with E-state index in [4.69, 9.17) is 9.28 Å².